The van der Waals surface area contributed by atoms with Gasteiger partial charge in [-0.1, -0.05) is 30.0 Å². The average molecular weight is 354 g/mol. The maximum Gasteiger partial charge on any atom is 0.0555 e. The van der Waals surface area contributed by atoms with Crippen molar-refractivity contribution < 1.29 is 0 Å². The lowest BCUT2D eigenvalue weighted by Crippen LogP contribution is -2.43. The molecule has 2 aliphatic rings. The lowest BCUT2D eigenvalue weighted by Gasteiger charge is -2.33. The second kappa shape index (κ2) is 7.81. The zero-order valence-electron chi connectivity index (χ0n) is 15.0. The summed E-state index contributed by atoms with van der Waals surface area (Å²) in [5, 5.41) is 3.43. The van der Waals surface area contributed by atoms with Gasteiger partial charge in [-0.15, -0.1) is 0 Å². The molecule has 0 bridgehead atoms. The van der Waals surface area contributed by atoms with Gasteiger partial charge in [-0.05, 0) is 56.1 Å². The predicted molar refractivity (Wildman–Crippen MR) is 107 cm³/mol. The fraction of sp³-hybridized carbons (Fsp3) is 0.429. The second-order valence-corrected chi connectivity index (χ2v) is 8.08. The number of para-hydroxylation sites is 1. The molecular weight excluding hydrogens is 326 g/mol. The lowest BCUT2D eigenvalue weighted by molar-refractivity contribution is 0.237. The Hall–Kier alpha value is -1.49. The fourth-order valence-electron chi connectivity index (χ4n) is 3.72. The lowest BCUT2D eigenvalue weighted by atomic mass is 10.1. The van der Waals surface area contributed by atoms with Crippen LogP contribution in [0.3, 0.4) is 0 Å². The van der Waals surface area contributed by atoms with Gasteiger partial charge in [0, 0.05) is 42.5 Å². The van der Waals surface area contributed by atoms with Gasteiger partial charge in [0.15, 0.2) is 0 Å². The van der Waals surface area contributed by atoms with E-state index in [1.807, 2.05) is 11.8 Å². The number of nitrogens with zero attached hydrogens (tertiary/aromatic N) is 2. The summed E-state index contributed by atoms with van der Waals surface area (Å²) in [6.45, 7) is 9.20. The number of benzene rings is 2. The number of rotatable bonds is 5. The zero-order chi connectivity index (χ0) is 17.1. The van der Waals surface area contributed by atoms with Crippen molar-refractivity contribution >= 4 is 23.1 Å². The molecule has 1 saturated heterocycles. The number of piperazine rings is 1. The number of unbranched alkanes of at least 4 members (excludes halogenated alkanes) is 1. The van der Waals surface area contributed by atoms with Gasteiger partial charge in [0.25, 0.3) is 0 Å². The zero-order valence-corrected chi connectivity index (χ0v) is 15.8. The Balaban J connectivity index is 1.45. The maximum absolute atomic E-state index is 3.43. The van der Waals surface area contributed by atoms with E-state index in [4.69, 9.17) is 0 Å². The van der Waals surface area contributed by atoms with Gasteiger partial charge < -0.3 is 15.1 Å². The van der Waals surface area contributed by atoms with Crippen molar-refractivity contribution in [3.05, 3.63) is 48.0 Å². The van der Waals surface area contributed by atoms with Crippen molar-refractivity contribution in [1.82, 2.24) is 10.2 Å². The van der Waals surface area contributed by atoms with Gasteiger partial charge in [0.05, 0.1) is 11.4 Å². The van der Waals surface area contributed by atoms with Crippen LogP contribution in [0.1, 0.15) is 18.4 Å². The van der Waals surface area contributed by atoms with Crippen molar-refractivity contribution in [2.75, 3.05) is 44.2 Å². The Morgan fingerprint density at radius 1 is 0.920 bits per heavy atom. The molecule has 0 unspecified atom stereocenters. The highest BCUT2D eigenvalue weighted by Crippen LogP contribution is 2.48. The van der Waals surface area contributed by atoms with Crippen LogP contribution in [-0.4, -0.2) is 44.2 Å². The molecule has 0 radical (unpaired) electrons. The standard InChI is InChI=1S/C21H27N3S/c1-17-8-9-21-19(16-17)24(18-6-2-3-7-20(18)25-21)13-5-4-12-23-14-10-22-11-15-23/h2-3,6-9,16,22H,4-5,10-15H2,1H3. The molecule has 1 fully saturated rings. The van der Waals surface area contributed by atoms with E-state index in [0.29, 0.717) is 0 Å². The Labute approximate surface area is 155 Å². The molecule has 2 aliphatic heterocycles. The maximum atomic E-state index is 3.43. The van der Waals surface area contributed by atoms with Crippen LogP contribution < -0.4 is 10.2 Å². The first-order valence-electron chi connectivity index (χ1n) is 9.39. The monoisotopic (exact) mass is 353 g/mol. The van der Waals surface area contributed by atoms with E-state index in [0.717, 1.165) is 19.6 Å². The third-order valence-corrected chi connectivity index (χ3v) is 6.23. The van der Waals surface area contributed by atoms with Crippen molar-refractivity contribution in [2.45, 2.75) is 29.6 Å². The van der Waals surface area contributed by atoms with Gasteiger partial charge in [-0.2, -0.15) is 0 Å². The normalized spacial score (nSPS) is 17.2. The quantitative estimate of drug-likeness (QED) is 0.808. The molecule has 1 N–H and O–H groups in total. The SMILES string of the molecule is Cc1ccc2c(c1)N(CCCCN1CCNCC1)c1ccccc1S2. The van der Waals surface area contributed by atoms with Crippen LogP contribution >= 0.6 is 11.8 Å². The summed E-state index contributed by atoms with van der Waals surface area (Å²) in [6.07, 6.45) is 2.50. The Kier molecular flexibility index (Phi) is 5.30. The van der Waals surface area contributed by atoms with Crippen LogP contribution in [0.5, 0.6) is 0 Å². The molecule has 4 heteroatoms. The summed E-state index contributed by atoms with van der Waals surface area (Å²) in [4.78, 5) is 7.88. The molecule has 0 atom stereocenters. The van der Waals surface area contributed by atoms with Crippen molar-refractivity contribution in [3.63, 3.8) is 0 Å². The van der Waals surface area contributed by atoms with Crippen molar-refractivity contribution in [3.8, 4) is 0 Å². The molecule has 0 saturated carbocycles. The molecule has 0 spiro atoms. The van der Waals surface area contributed by atoms with Gasteiger partial charge >= 0.3 is 0 Å². The summed E-state index contributed by atoms with van der Waals surface area (Å²) in [5.74, 6) is 0. The molecule has 0 amide bonds. The molecule has 4 rings (SSSR count). The van der Waals surface area contributed by atoms with Crippen LogP contribution in [0.25, 0.3) is 0 Å². The molecule has 132 valence electrons. The average Bonchev–Trinajstić information content (AvgIpc) is 2.65. The smallest absolute Gasteiger partial charge is 0.0555 e. The first-order valence-corrected chi connectivity index (χ1v) is 10.2. The summed E-state index contributed by atoms with van der Waals surface area (Å²) < 4.78 is 0. The van der Waals surface area contributed by atoms with E-state index in [9.17, 15) is 0 Å². The summed E-state index contributed by atoms with van der Waals surface area (Å²) in [5.41, 5.74) is 4.09. The number of hydrogen-bond donors (Lipinski definition) is 1. The molecule has 2 heterocycles. The molecule has 3 nitrogen and oxygen atoms in total. The second-order valence-electron chi connectivity index (χ2n) is 6.99. The molecule has 25 heavy (non-hydrogen) atoms. The third-order valence-electron chi connectivity index (χ3n) is 5.10. The van der Waals surface area contributed by atoms with Gasteiger partial charge in [0.2, 0.25) is 0 Å². The van der Waals surface area contributed by atoms with E-state index in [1.54, 1.807) is 0 Å². The molecule has 0 aromatic heterocycles. The molecule has 2 aromatic rings. The summed E-state index contributed by atoms with van der Waals surface area (Å²) >= 11 is 1.90. The Morgan fingerprint density at radius 2 is 1.68 bits per heavy atom. The number of anilines is 2. The van der Waals surface area contributed by atoms with Crippen molar-refractivity contribution in [1.29, 1.82) is 0 Å². The number of nitrogens with one attached hydrogen (secondary N) is 1. The van der Waals surface area contributed by atoms with Crippen LogP contribution in [-0.2, 0) is 0 Å². The minimum atomic E-state index is 1.10. The van der Waals surface area contributed by atoms with Crippen LogP contribution in [0.4, 0.5) is 11.4 Å². The minimum absolute atomic E-state index is 1.10. The van der Waals surface area contributed by atoms with E-state index in [-0.39, 0.29) is 0 Å². The highest BCUT2D eigenvalue weighted by Gasteiger charge is 2.22. The fourth-order valence-corrected chi connectivity index (χ4v) is 4.80. The summed E-state index contributed by atoms with van der Waals surface area (Å²) in [7, 11) is 0. The predicted octanol–water partition coefficient (Wildman–Crippen LogP) is 4.28. The van der Waals surface area contributed by atoms with Crippen LogP contribution in [0.2, 0.25) is 0 Å². The third kappa shape index (κ3) is 3.86. The molecular formula is C21H27N3S. The van der Waals surface area contributed by atoms with E-state index in [1.165, 1.54) is 59.2 Å². The van der Waals surface area contributed by atoms with Crippen LogP contribution in [0.15, 0.2) is 52.3 Å². The van der Waals surface area contributed by atoms with Crippen LogP contribution in [0, 0.1) is 6.92 Å². The minimum Gasteiger partial charge on any atom is -0.340 e. The largest absolute Gasteiger partial charge is 0.340 e. The first-order chi connectivity index (χ1) is 12.3. The number of fused-ring (bicyclic) bond motifs is 2. The number of hydrogen-bond acceptors (Lipinski definition) is 4. The highest BCUT2D eigenvalue weighted by molar-refractivity contribution is 7.99. The van der Waals surface area contributed by atoms with Gasteiger partial charge in [0.1, 0.15) is 0 Å². The van der Waals surface area contributed by atoms with E-state index >= 15 is 0 Å². The van der Waals surface area contributed by atoms with E-state index in [2.05, 4.69) is 64.5 Å². The highest BCUT2D eigenvalue weighted by atomic mass is 32.2. The van der Waals surface area contributed by atoms with Gasteiger partial charge in [-0.25, -0.2) is 0 Å². The molecule has 0 aliphatic carbocycles. The van der Waals surface area contributed by atoms with E-state index < -0.39 is 0 Å². The Morgan fingerprint density at radius 3 is 2.56 bits per heavy atom. The number of aryl methyl sites for hydroxylation is 1. The van der Waals surface area contributed by atoms with Crippen molar-refractivity contribution in [2.24, 2.45) is 0 Å². The molecule has 2 aromatic carbocycles. The first kappa shape index (κ1) is 17.0. The topological polar surface area (TPSA) is 18.5 Å². The summed E-state index contributed by atoms with van der Waals surface area (Å²) in [6, 6.07) is 15.7. The Bertz CT molecular complexity index is 725. The van der Waals surface area contributed by atoms with Gasteiger partial charge in [-0.3, -0.25) is 0 Å².